The van der Waals surface area contributed by atoms with Gasteiger partial charge in [-0.1, -0.05) is 30.3 Å². The topological polar surface area (TPSA) is 64.6 Å². The van der Waals surface area contributed by atoms with Crippen LogP contribution < -0.4 is 5.32 Å². The van der Waals surface area contributed by atoms with Crippen LogP contribution in [0.25, 0.3) is 0 Å². The van der Waals surface area contributed by atoms with Crippen LogP contribution in [0.5, 0.6) is 0 Å². The average molecular weight is 328 g/mol. The first-order valence-corrected chi connectivity index (χ1v) is 7.80. The van der Waals surface area contributed by atoms with Crippen molar-refractivity contribution in [2.75, 3.05) is 0 Å². The van der Waals surface area contributed by atoms with E-state index in [-0.39, 0.29) is 0 Å². The molecule has 1 amide bonds. The molecule has 1 atom stereocenters. The number of carbonyl (C=O) groups is 2. The van der Waals surface area contributed by atoms with Crippen LogP contribution in [0.4, 0.5) is 4.79 Å². The van der Waals surface area contributed by atoms with Crippen LogP contribution in [0, 0.1) is 31.8 Å². The Balaban J connectivity index is 2.02. The van der Waals surface area contributed by atoms with E-state index in [1.54, 1.807) is 46.5 Å². The lowest BCUT2D eigenvalue weighted by Gasteiger charge is -2.23. The molecule has 5 nitrogen and oxygen atoms in total. The van der Waals surface area contributed by atoms with Crippen LogP contribution in [0.1, 0.15) is 26.3 Å². The van der Waals surface area contributed by atoms with Crippen LogP contribution in [0.2, 0.25) is 0 Å². The maximum Gasteiger partial charge on any atom is 0.408 e. The molecule has 1 aromatic rings. The van der Waals surface area contributed by atoms with E-state index in [4.69, 9.17) is 9.47 Å². The van der Waals surface area contributed by atoms with Crippen LogP contribution in [0.15, 0.2) is 30.3 Å². The number of benzene rings is 1. The Labute approximate surface area is 143 Å². The second kappa shape index (κ2) is 8.18. The summed E-state index contributed by atoms with van der Waals surface area (Å²) in [5, 5.41) is 2.60. The number of alkyl carbamates (subject to hydrolysis) is 1. The second-order valence-corrected chi connectivity index (χ2v) is 6.43. The summed E-state index contributed by atoms with van der Waals surface area (Å²) in [5.74, 6) is -0.532. The molecule has 1 saturated carbocycles. The maximum absolute atomic E-state index is 12.4. The maximum atomic E-state index is 12.4. The summed E-state index contributed by atoms with van der Waals surface area (Å²) >= 11 is 0. The molecule has 1 aromatic carbocycles. The molecule has 0 aliphatic heterocycles. The molecule has 0 aromatic heterocycles. The van der Waals surface area contributed by atoms with E-state index in [9.17, 15) is 9.59 Å². The standard InChI is InChI=1S/C19H22NO4/c1-19(2,3)24-18(22)20-16(13-14-9-5-4-6-10-14)17(21)23-15-11-7-8-12-15/h4-12,16H,13H2,1-3H3,(H,20,22)/t16-/m0/s1. The number of nitrogens with one attached hydrogen (secondary N) is 1. The minimum absolute atomic E-state index is 0.319. The van der Waals surface area contributed by atoms with Gasteiger partial charge in [0.25, 0.3) is 0 Å². The van der Waals surface area contributed by atoms with Gasteiger partial charge in [0, 0.05) is 19.3 Å². The normalized spacial score (nSPS) is 16.5. The van der Waals surface area contributed by atoms with Crippen LogP contribution in [0.3, 0.4) is 0 Å². The van der Waals surface area contributed by atoms with Gasteiger partial charge >= 0.3 is 12.1 Å². The Kier molecular flexibility index (Phi) is 6.23. The Morgan fingerprint density at radius 3 is 2.29 bits per heavy atom. The highest BCUT2D eigenvalue weighted by molar-refractivity contribution is 5.82. The van der Waals surface area contributed by atoms with Crippen molar-refractivity contribution < 1.29 is 19.1 Å². The smallest absolute Gasteiger partial charge is 0.408 e. The van der Waals surface area contributed by atoms with Crippen LogP contribution in [-0.2, 0) is 20.7 Å². The van der Waals surface area contributed by atoms with Crippen molar-refractivity contribution >= 4 is 12.1 Å². The second-order valence-electron chi connectivity index (χ2n) is 6.43. The van der Waals surface area contributed by atoms with Crippen molar-refractivity contribution in [2.45, 2.75) is 38.8 Å². The molecular formula is C19H22NO4. The van der Waals surface area contributed by atoms with Gasteiger partial charge in [0.2, 0.25) is 0 Å². The number of hydrogen-bond acceptors (Lipinski definition) is 4. The SMILES string of the molecule is CC(C)(C)OC(=O)N[C@@H](Cc1ccccc1)C(=O)O[C]1[CH][CH][CH][CH]1. The fourth-order valence-corrected chi connectivity index (χ4v) is 2.10. The summed E-state index contributed by atoms with van der Waals surface area (Å²) in [7, 11) is 0. The molecule has 24 heavy (non-hydrogen) atoms. The molecule has 2 rings (SSSR count). The van der Waals surface area contributed by atoms with Crippen molar-refractivity contribution in [3.8, 4) is 0 Å². The quantitative estimate of drug-likeness (QED) is 0.844. The van der Waals surface area contributed by atoms with Crippen molar-refractivity contribution in [1.29, 1.82) is 0 Å². The first kappa shape index (κ1) is 18.3. The van der Waals surface area contributed by atoms with Crippen molar-refractivity contribution in [2.24, 2.45) is 0 Å². The molecule has 1 aliphatic carbocycles. The number of esters is 1. The third-order valence-corrected chi connectivity index (χ3v) is 3.11. The van der Waals surface area contributed by atoms with Gasteiger partial charge in [-0.25, -0.2) is 9.59 Å². The van der Waals surface area contributed by atoms with Crippen LogP contribution in [-0.4, -0.2) is 23.7 Å². The fourth-order valence-electron chi connectivity index (χ4n) is 2.10. The first-order chi connectivity index (χ1) is 11.3. The summed E-state index contributed by atoms with van der Waals surface area (Å²) in [5.41, 5.74) is 0.273. The van der Waals surface area contributed by atoms with Gasteiger partial charge in [-0.15, -0.1) is 0 Å². The Morgan fingerprint density at radius 1 is 1.08 bits per heavy atom. The zero-order valence-corrected chi connectivity index (χ0v) is 14.1. The lowest BCUT2D eigenvalue weighted by atomic mass is 10.1. The van der Waals surface area contributed by atoms with Gasteiger partial charge in [-0.3, -0.25) is 0 Å². The molecule has 0 spiro atoms. The molecule has 5 radical (unpaired) electrons. The molecule has 127 valence electrons. The summed E-state index contributed by atoms with van der Waals surface area (Å²) in [6.45, 7) is 5.29. The van der Waals surface area contributed by atoms with Gasteiger partial charge in [-0.05, 0) is 39.2 Å². The van der Waals surface area contributed by atoms with Gasteiger partial charge in [0.05, 0.1) is 0 Å². The van der Waals surface area contributed by atoms with E-state index in [1.807, 2.05) is 30.3 Å². The molecule has 0 saturated heterocycles. The lowest BCUT2D eigenvalue weighted by Crippen LogP contribution is -2.45. The third-order valence-electron chi connectivity index (χ3n) is 3.11. The summed E-state index contributed by atoms with van der Waals surface area (Å²) in [6.07, 6.45) is 7.04. The van der Waals surface area contributed by atoms with Crippen molar-refractivity contribution in [3.05, 3.63) is 67.7 Å². The molecule has 0 heterocycles. The zero-order valence-electron chi connectivity index (χ0n) is 14.1. The molecular weight excluding hydrogens is 306 g/mol. The van der Waals surface area contributed by atoms with E-state index in [0.29, 0.717) is 12.5 Å². The monoisotopic (exact) mass is 328 g/mol. The highest BCUT2D eigenvalue weighted by atomic mass is 16.6. The summed E-state index contributed by atoms with van der Waals surface area (Å²) in [6, 6.07) is 8.59. The van der Waals surface area contributed by atoms with Gasteiger partial charge in [0.1, 0.15) is 11.6 Å². The largest absolute Gasteiger partial charge is 0.453 e. The van der Waals surface area contributed by atoms with Crippen molar-refractivity contribution in [3.63, 3.8) is 0 Å². The van der Waals surface area contributed by atoms with E-state index in [0.717, 1.165) is 5.56 Å². The Morgan fingerprint density at radius 2 is 1.71 bits per heavy atom. The van der Waals surface area contributed by atoms with E-state index >= 15 is 0 Å². The summed E-state index contributed by atoms with van der Waals surface area (Å²) < 4.78 is 10.5. The number of carbonyl (C=O) groups excluding carboxylic acids is 2. The van der Waals surface area contributed by atoms with Crippen molar-refractivity contribution in [1.82, 2.24) is 5.32 Å². The average Bonchev–Trinajstić information content (AvgIpc) is 2.98. The van der Waals surface area contributed by atoms with Gasteiger partial charge in [0.15, 0.2) is 6.10 Å². The Bertz CT molecular complexity index is 544. The number of rotatable bonds is 5. The van der Waals surface area contributed by atoms with E-state index < -0.39 is 23.7 Å². The van der Waals surface area contributed by atoms with Gasteiger partial charge < -0.3 is 14.8 Å². The Hall–Kier alpha value is -2.04. The molecule has 0 unspecified atom stereocenters. The number of amides is 1. The zero-order chi connectivity index (χ0) is 17.6. The van der Waals surface area contributed by atoms with E-state index in [1.165, 1.54) is 0 Å². The predicted octanol–water partition coefficient (Wildman–Crippen LogP) is 3.03. The molecule has 1 fully saturated rings. The number of ether oxygens (including phenoxy) is 2. The van der Waals surface area contributed by atoms with E-state index in [2.05, 4.69) is 5.32 Å². The predicted molar refractivity (Wildman–Crippen MR) is 89.8 cm³/mol. The number of hydrogen-bond donors (Lipinski definition) is 1. The highest BCUT2D eigenvalue weighted by Crippen LogP contribution is 2.24. The van der Waals surface area contributed by atoms with Gasteiger partial charge in [-0.2, -0.15) is 0 Å². The highest BCUT2D eigenvalue weighted by Gasteiger charge is 2.29. The third kappa shape index (κ3) is 6.22. The molecule has 0 bridgehead atoms. The fraction of sp³-hybridized carbons (Fsp3) is 0.316. The first-order valence-electron chi connectivity index (χ1n) is 7.80. The molecule has 5 heteroatoms. The lowest BCUT2D eigenvalue weighted by molar-refractivity contribution is -0.143. The minimum Gasteiger partial charge on any atom is -0.453 e. The molecule has 1 aliphatic rings. The molecule has 1 N–H and O–H groups in total. The van der Waals surface area contributed by atoms with Crippen LogP contribution >= 0.6 is 0 Å². The minimum atomic E-state index is -0.836. The summed E-state index contributed by atoms with van der Waals surface area (Å²) in [4.78, 5) is 24.4.